The fraction of sp³-hybridized carbons (Fsp3) is 0.636. The van der Waals surface area contributed by atoms with Gasteiger partial charge in [0, 0.05) is 15.4 Å². The first kappa shape index (κ1) is 27.6. The number of benzene rings is 1. The third-order valence-electron chi connectivity index (χ3n) is 7.89. The van der Waals surface area contributed by atoms with Crippen LogP contribution in [0.1, 0.15) is 48.9 Å². The van der Waals surface area contributed by atoms with Crippen LogP contribution < -0.4 is 4.74 Å². The Morgan fingerprint density at radius 2 is 1.73 bits per heavy atom. The zero-order valence-electron chi connectivity index (χ0n) is 18.8. The highest BCUT2D eigenvalue weighted by molar-refractivity contribution is 14.1. The molecule has 6 rings (SSSR count). The van der Waals surface area contributed by atoms with Gasteiger partial charge < -0.3 is 18.8 Å². The summed E-state index contributed by atoms with van der Waals surface area (Å²) in [6.07, 6.45) is 0.157. The third kappa shape index (κ3) is 4.24. The molecule has 4 bridgehead atoms. The van der Waals surface area contributed by atoms with Crippen LogP contribution >= 0.6 is 45.2 Å². The number of carbonyl (C=O) groups excluding carboxylic acids is 2. The summed E-state index contributed by atoms with van der Waals surface area (Å²) in [5.74, 6) is -8.18. The van der Waals surface area contributed by atoms with Crippen LogP contribution in [0.25, 0.3) is 0 Å². The van der Waals surface area contributed by atoms with Crippen LogP contribution in [-0.2, 0) is 24.4 Å². The first-order valence-corrected chi connectivity index (χ1v) is 14.9. The molecule has 0 amide bonds. The molecule has 8 nitrogen and oxygen atoms in total. The van der Waals surface area contributed by atoms with Crippen molar-refractivity contribution in [1.29, 1.82) is 0 Å². The van der Waals surface area contributed by atoms with Crippen molar-refractivity contribution in [1.82, 2.24) is 0 Å². The second kappa shape index (κ2) is 8.78. The Hall–Kier alpha value is -0.950. The van der Waals surface area contributed by atoms with Crippen molar-refractivity contribution in [2.75, 3.05) is 6.61 Å². The Kier molecular flexibility index (Phi) is 6.55. The molecule has 37 heavy (non-hydrogen) atoms. The maximum absolute atomic E-state index is 13.8. The molecule has 204 valence electrons. The van der Waals surface area contributed by atoms with E-state index in [9.17, 15) is 40.1 Å². The van der Waals surface area contributed by atoms with Gasteiger partial charge in [0.05, 0.1) is 22.0 Å². The van der Waals surface area contributed by atoms with E-state index >= 15 is 0 Å². The monoisotopic (exact) mass is 773 g/mol. The Labute approximate surface area is 236 Å². The first-order chi connectivity index (χ1) is 17.0. The van der Waals surface area contributed by atoms with Crippen LogP contribution in [0.3, 0.4) is 0 Å². The van der Waals surface area contributed by atoms with Crippen molar-refractivity contribution < 1.29 is 54.3 Å². The number of hydrogen-bond donors (Lipinski definition) is 0. The lowest BCUT2D eigenvalue weighted by molar-refractivity contribution is -0.294. The SMILES string of the molecule is O=C1OC2(Oc3c(I)cc(I)cc31)C1CC3CC2CC(C(=O)OCCC(F)(F)C(F)(F)S(=O)(=O)[O-])(C3)C1. The largest absolute Gasteiger partial charge is 0.743 e. The molecular formula is C22H19F4I2O8S-. The van der Waals surface area contributed by atoms with Gasteiger partial charge in [-0.2, -0.15) is 17.6 Å². The topological polar surface area (TPSA) is 119 Å². The predicted octanol–water partition coefficient (Wildman–Crippen LogP) is 4.67. The van der Waals surface area contributed by atoms with Gasteiger partial charge in [-0.25, -0.2) is 13.2 Å². The Balaban J connectivity index is 1.33. The lowest BCUT2D eigenvalue weighted by Crippen LogP contribution is -2.67. The summed E-state index contributed by atoms with van der Waals surface area (Å²) >= 11 is 4.16. The van der Waals surface area contributed by atoms with E-state index in [1.165, 1.54) is 0 Å². The standard InChI is InChI=1S/C22H20F4I2O8S/c23-20(24,22(25,26)37(31,32)33)1-2-34-18(30)19-7-10-3-11(8-19)21(12(4-10)9-19)35-16-14(17(29)36-21)5-13(27)6-15(16)28/h5-6,10-12H,1-4,7-9H2,(H,31,32,33)/p-1. The fourth-order valence-corrected chi connectivity index (χ4v) is 8.88. The molecule has 15 heteroatoms. The van der Waals surface area contributed by atoms with Crippen LogP contribution in [0.5, 0.6) is 5.75 Å². The van der Waals surface area contributed by atoms with E-state index in [1.807, 2.05) is 6.07 Å². The molecule has 0 N–H and O–H groups in total. The fourth-order valence-electron chi connectivity index (χ4n) is 6.46. The first-order valence-electron chi connectivity index (χ1n) is 11.3. The maximum atomic E-state index is 13.8. The number of fused-ring (bicyclic) bond motifs is 1. The highest BCUT2D eigenvalue weighted by atomic mass is 127. The average molecular weight is 773 g/mol. The molecule has 4 aliphatic carbocycles. The van der Waals surface area contributed by atoms with E-state index < -0.39 is 57.5 Å². The molecule has 4 saturated carbocycles. The molecule has 1 heterocycles. The summed E-state index contributed by atoms with van der Waals surface area (Å²) in [6, 6.07) is 3.53. The van der Waals surface area contributed by atoms with Crippen molar-refractivity contribution in [3.8, 4) is 5.75 Å². The van der Waals surface area contributed by atoms with Crippen LogP contribution in [0.4, 0.5) is 17.6 Å². The van der Waals surface area contributed by atoms with E-state index in [1.54, 1.807) is 6.07 Å². The average Bonchev–Trinajstić information content (AvgIpc) is 2.77. The quantitative estimate of drug-likeness (QED) is 0.177. The normalized spacial score (nSPS) is 32.6. The predicted molar refractivity (Wildman–Crippen MR) is 132 cm³/mol. The summed E-state index contributed by atoms with van der Waals surface area (Å²) < 4.78 is 105. The second-order valence-corrected chi connectivity index (χ2v) is 14.0. The molecule has 0 radical (unpaired) electrons. The van der Waals surface area contributed by atoms with E-state index in [2.05, 4.69) is 45.2 Å². The van der Waals surface area contributed by atoms with Crippen LogP contribution in [0.2, 0.25) is 0 Å². The molecule has 1 aliphatic heterocycles. The Morgan fingerprint density at radius 3 is 2.32 bits per heavy atom. The number of alkyl halides is 4. The Morgan fingerprint density at radius 1 is 1.11 bits per heavy atom. The number of halogens is 6. The van der Waals surface area contributed by atoms with Gasteiger partial charge >= 0.3 is 23.1 Å². The minimum atomic E-state index is -6.62. The molecule has 1 spiro atoms. The minimum absolute atomic E-state index is 0.0616. The maximum Gasteiger partial charge on any atom is 0.396 e. The van der Waals surface area contributed by atoms with E-state index in [0.29, 0.717) is 30.6 Å². The van der Waals surface area contributed by atoms with Gasteiger partial charge in [-0.15, -0.1) is 0 Å². The summed E-state index contributed by atoms with van der Waals surface area (Å²) in [6.45, 7) is -1.19. The van der Waals surface area contributed by atoms with E-state index in [4.69, 9.17) is 14.2 Å². The van der Waals surface area contributed by atoms with Gasteiger partial charge in [0.1, 0.15) is 5.56 Å². The second-order valence-electron chi connectivity index (χ2n) is 10.2. The van der Waals surface area contributed by atoms with Crippen molar-refractivity contribution in [3.63, 3.8) is 0 Å². The summed E-state index contributed by atoms with van der Waals surface area (Å²) in [7, 11) is -6.62. The van der Waals surface area contributed by atoms with Gasteiger partial charge in [-0.1, -0.05) is 0 Å². The van der Waals surface area contributed by atoms with Crippen LogP contribution in [0, 0.1) is 30.3 Å². The van der Waals surface area contributed by atoms with E-state index in [-0.39, 0.29) is 30.6 Å². The van der Waals surface area contributed by atoms with Crippen molar-refractivity contribution in [2.45, 2.75) is 55.5 Å². The van der Waals surface area contributed by atoms with Gasteiger partial charge in [-0.3, -0.25) is 4.79 Å². The van der Waals surface area contributed by atoms with Crippen molar-refractivity contribution >= 4 is 67.2 Å². The van der Waals surface area contributed by atoms with Crippen molar-refractivity contribution in [2.24, 2.45) is 23.2 Å². The summed E-state index contributed by atoms with van der Waals surface area (Å²) in [5.41, 5.74) is -0.790. The lowest BCUT2D eigenvalue weighted by Gasteiger charge is -2.62. The highest BCUT2D eigenvalue weighted by Crippen LogP contribution is 2.66. The molecule has 0 saturated heterocycles. The number of carbonyl (C=O) groups is 2. The molecule has 1 aromatic carbocycles. The van der Waals surface area contributed by atoms with Crippen LogP contribution in [-0.4, -0.2) is 48.5 Å². The summed E-state index contributed by atoms with van der Waals surface area (Å²) in [4.78, 5) is 26.1. The van der Waals surface area contributed by atoms with Crippen LogP contribution in [0.15, 0.2) is 12.1 Å². The molecule has 1 aromatic rings. The number of hydrogen-bond acceptors (Lipinski definition) is 8. The Bertz CT molecular complexity index is 1270. The van der Waals surface area contributed by atoms with E-state index in [0.717, 1.165) is 7.14 Å². The number of ether oxygens (including phenoxy) is 3. The molecule has 2 unspecified atom stereocenters. The van der Waals surface area contributed by atoms with Gasteiger partial charge in [0.2, 0.25) is 0 Å². The summed E-state index contributed by atoms with van der Waals surface area (Å²) in [5, 5.41) is -5.84. The van der Waals surface area contributed by atoms with Crippen molar-refractivity contribution in [3.05, 3.63) is 24.8 Å². The minimum Gasteiger partial charge on any atom is -0.743 e. The number of esters is 2. The molecule has 5 aliphatic rings. The zero-order chi connectivity index (χ0) is 27.2. The lowest BCUT2D eigenvalue weighted by atomic mass is 9.47. The molecule has 0 aromatic heterocycles. The van der Waals surface area contributed by atoms with Gasteiger partial charge in [0.15, 0.2) is 15.9 Å². The zero-order valence-corrected chi connectivity index (χ0v) is 23.9. The highest BCUT2D eigenvalue weighted by Gasteiger charge is 2.69. The molecular weight excluding hydrogens is 754 g/mol. The molecule has 4 fully saturated rings. The third-order valence-corrected chi connectivity index (χ3v) is 10.2. The van der Waals surface area contributed by atoms with Gasteiger partial charge in [0.25, 0.3) is 5.79 Å². The van der Waals surface area contributed by atoms with Gasteiger partial charge in [-0.05, 0) is 95.3 Å². The molecule has 2 atom stereocenters. The number of rotatable bonds is 6. The smallest absolute Gasteiger partial charge is 0.396 e.